The standard InChI is InChI=1S/C12H17NO3S/c1-9-5-7-12(8-6-9)17(15,16)11(3)13(4)10(2)14/h5-8,11H,1-4H3. The van der Waals surface area contributed by atoms with Gasteiger partial charge in [0.25, 0.3) is 0 Å². The quantitative estimate of drug-likeness (QED) is 0.824. The van der Waals surface area contributed by atoms with Crippen LogP contribution in [0.25, 0.3) is 0 Å². The summed E-state index contributed by atoms with van der Waals surface area (Å²) in [7, 11) is -2.01. The van der Waals surface area contributed by atoms with Crippen LogP contribution in [0, 0.1) is 6.92 Å². The number of nitrogens with zero attached hydrogens (tertiary/aromatic N) is 1. The topological polar surface area (TPSA) is 54.5 Å². The first-order valence-electron chi connectivity index (χ1n) is 5.31. The molecule has 0 heterocycles. The van der Waals surface area contributed by atoms with Gasteiger partial charge in [-0.05, 0) is 26.0 Å². The van der Waals surface area contributed by atoms with E-state index in [-0.39, 0.29) is 10.8 Å². The van der Waals surface area contributed by atoms with Gasteiger partial charge >= 0.3 is 0 Å². The summed E-state index contributed by atoms with van der Waals surface area (Å²) in [5.74, 6) is -0.270. The van der Waals surface area contributed by atoms with Crippen molar-refractivity contribution < 1.29 is 13.2 Å². The van der Waals surface area contributed by atoms with Crippen molar-refractivity contribution in [2.24, 2.45) is 0 Å². The summed E-state index contributed by atoms with van der Waals surface area (Å²) in [5.41, 5.74) is 0.997. The number of hydrogen-bond acceptors (Lipinski definition) is 3. The van der Waals surface area contributed by atoms with Crippen molar-refractivity contribution in [2.45, 2.75) is 31.0 Å². The number of benzene rings is 1. The fourth-order valence-corrected chi connectivity index (χ4v) is 2.86. The lowest BCUT2D eigenvalue weighted by Gasteiger charge is -2.23. The number of aryl methyl sites for hydroxylation is 1. The molecule has 0 aliphatic rings. The SMILES string of the molecule is CC(=O)N(C)C(C)S(=O)(=O)c1ccc(C)cc1. The molecule has 0 spiro atoms. The molecule has 0 N–H and O–H groups in total. The summed E-state index contributed by atoms with van der Waals surface area (Å²) >= 11 is 0. The van der Waals surface area contributed by atoms with E-state index in [9.17, 15) is 13.2 Å². The molecule has 1 rings (SSSR count). The highest BCUT2D eigenvalue weighted by Gasteiger charge is 2.27. The average Bonchev–Trinajstić information content (AvgIpc) is 2.27. The molecule has 1 aromatic rings. The largest absolute Gasteiger partial charge is 0.329 e. The third kappa shape index (κ3) is 2.85. The van der Waals surface area contributed by atoms with Gasteiger partial charge in [0, 0.05) is 14.0 Å². The molecule has 0 saturated heterocycles. The number of hydrogen-bond donors (Lipinski definition) is 0. The Bertz CT molecular complexity index is 505. The molecule has 1 unspecified atom stereocenters. The van der Waals surface area contributed by atoms with Crippen LogP contribution in [0.5, 0.6) is 0 Å². The van der Waals surface area contributed by atoms with E-state index in [0.717, 1.165) is 5.56 Å². The summed E-state index contributed by atoms with van der Waals surface area (Å²) in [4.78, 5) is 12.6. The van der Waals surface area contributed by atoms with E-state index < -0.39 is 15.2 Å². The summed E-state index contributed by atoms with van der Waals surface area (Å²) < 4.78 is 24.4. The van der Waals surface area contributed by atoms with E-state index in [2.05, 4.69) is 0 Å². The van der Waals surface area contributed by atoms with Gasteiger partial charge in [-0.2, -0.15) is 0 Å². The Morgan fingerprint density at radius 2 is 1.71 bits per heavy atom. The Labute approximate surface area is 102 Å². The molecule has 17 heavy (non-hydrogen) atoms. The van der Waals surface area contributed by atoms with E-state index in [1.165, 1.54) is 25.8 Å². The average molecular weight is 255 g/mol. The maximum absolute atomic E-state index is 12.2. The lowest BCUT2D eigenvalue weighted by atomic mass is 10.2. The van der Waals surface area contributed by atoms with Gasteiger partial charge in [0.05, 0.1) is 4.90 Å². The van der Waals surface area contributed by atoms with Crippen LogP contribution in [0.2, 0.25) is 0 Å². The van der Waals surface area contributed by atoms with Crippen molar-refractivity contribution in [3.63, 3.8) is 0 Å². The minimum absolute atomic E-state index is 0.240. The smallest absolute Gasteiger partial charge is 0.220 e. The normalized spacial score (nSPS) is 13.2. The predicted octanol–water partition coefficient (Wildman–Crippen LogP) is 1.59. The third-order valence-electron chi connectivity index (χ3n) is 2.84. The first-order valence-corrected chi connectivity index (χ1v) is 6.85. The molecule has 0 saturated carbocycles. The van der Waals surface area contributed by atoms with Crippen molar-refractivity contribution >= 4 is 15.7 Å². The molecule has 0 bridgehead atoms. The Balaban J connectivity index is 3.11. The Morgan fingerprint density at radius 1 is 1.24 bits per heavy atom. The predicted molar refractivity (Wildman–Crippen MR) is 66.3 cm³/mol. The maximum Gasteiger partial charge on any atom is 0.220 e. The summed E-state index contributed by atoms with van der Waals surface area (Å²) in [5, 5.41) is -0.859. The summed E-state index contributed by atoms with van der Waals surface area (Å²) in [6.45, 7) is 4.75. The van der Waals surface area contributed by atoms with Gasteiger partial charge in [0.2, 0.25) is 5.91 Å². The fourth-order valence-electron chi connectivity index (χ4n) is 1.39. The Kier molecular flexibility index (Phi) is 3.93. The van der Waals surface area contributed by atoms with Gasteiger partial charge in [0.15, 0.2) is 9.84 Å². The van der Waals surface area contributed by atoms with Crippen molar-refractivity contribution in [1.29, 1.82) is 0 Å². The van der Waals surface area contributed by atoms with Crippen molar-refractivity contribution in [1.82, 2.24) is 4.90 Å². The zero-order valence-corrected chi connectivity index (χ0v) is 11.3. The number of sulfone groups is 1. The molecular formula is C12H17NO3S. The van der Waals surface area contributed by atoms with Crippen molar-refractivity contribution in [2.75, 3.05) is 7.05 Å². The van der Waals surface area contributed by atoms with Crippen LogP contribution in [0.15, 0.2) is 29.2 Å². The molecule has 0 aromatic heterocycles. The van der Waals surface area contributed by atoms with Crippen LogP contribution in [-0.4, -0.2) is 31.6 Å². The van der Waals surface area contributed by atoms with Gasteiger partial charge in [-0.3, -0.25) is 4.79 Å². The second-order valence-electron chi connectivity index (χ2n) is 4.09. The molecule has 1 aromatic carbocycles. The molecule has 0 aliphatic carbocycles. The molecule has 1 atom stereocenters. The van der Waals surface area contributed by atoms with Gasteiger partial charge in [0.1, 0.15) is 5.37 Å². The highest BCUT2D eigenvalue weighted by atomic mass is 32.2. The fraction of sp³-hybridized carbons (Fsp3) is 0.417. The second-order valence-corrected chi connectivity index (χ2v) is 6.33. The van der Waals surface area contributed by atoms with Gasteiger partial charge in [-0.1, -0.05) is 17.7 Å². The van der Waals surface area contributed by atoms with E-state index in [1.54, 1.807) is 24.3 Å². The molecule has 0 aliphatic heterocycles. The number of rotatable bonds is 3. The minimum atomic E-state index is -3.49. The van der Waals surface area contributed by atoms with Crippen LogP contribution in [-0.2, 0) is 14.6 Å². The second kappa shape index (κ2) is 4.87. The van der Waals surface area contributed by atoms with Crippen LogP contribution < -0.4 is 0 Å². The number of carbonyl (C=O) groups excluding carboxylic acids is 1. The van der Waals surface area contributed by atoms with Gasteiger partial charge in [-0.25, -0.2) is 8.42 Å². The molecule has 4 nitrogen and oxygen atoms in total. The molecule has 0 fully saturated rings. The molecule has 0 radical (unpaired) electrons. The highest BCUT2D eigenvalue weighted by molar-refractivity contribution is 7.92. The molecule has 1 amide bonds. The Morgan fingerprint density at radius 3 is 2.12 bits per heavy atom. The number of amides is 1. The minimum Gasteiger partial charge on any atom is -0.329 e. The van der Waals surface area contributed by atoms with Crippen LogP contribution in [0.3, 0.4) is 0 Å². The summed E-state index contributed by atoms with van der Waals surface area (Å²) in [6, 6.07) is 6.62. The first kappa shape index (κ1) is 13.7. The maximum atomic E-state index is 12.2. The monoisotopic (exact) mass is 255 g/mol. The lowest BCUT2D eigenvalue weighted by molar-refractivity contribution is -0.128. The van der Waals surface area contributed by atoms with E-state index in [4.69, 9.17) is 0 Å². The van der Waals surface area contributed by atoms with E-state index in [1.807, 2.05) is 6.92 Å². The number of carbonyl (C=O) groups is 1. The zero-order valence-electron chi connectivity index (χ0n) is 10.5. The van der Waals surface area contributed by atoms with Crippen LogP contribution in [0.4, 0.5) is 0 Å². The molecule has 94 valence electrons. The van der Waals surface area contributed by atoms with E-state index >= 15 is 0 Å². The zero-order chi connectivity index (χ0) is 13.2. The molecular weight excluding hydrogens is 238 g/mol. The van der Waals surface area contributed by atoms with Crippen LogP contribution in [0.1, 0.15) is 19.4 Å². The van der Waals surface area contributed by atoms with E-state index in [0.29, 0.717) is 0 Å². The van der Waals surface area contributed by atoms with Crippen LogP contribution >= 0.6 is 0 Å². The third-order valence-corrected chi connectivity index (χ3v) is 4.98. The van der Waals surface area contributed by atoms with Gasteiger partial charge < -0.3 is 4.90 Å². The van der Waals surface area contributed by atoms with Crippen molar-refractivity contribution in [3.05, 3.63) is 29.8 Å². The molecule has 5 heteroatoms. The summed E-state index contributed by atoms with van der Waals surface area (Å²) in [6.07, 6.45) is 0. The van der Waals surface area contributed by atoms with Gasteiger partial charge in [-0.15, -0.1) is 0 Å². The highest BCUT2D eigenvalue weighted by Crippen LogP contribution is 2.18. The van der Waals surface area contributed by atoms with Crippen molar-refractivity contribution in [3.8, 4) is 0 Å². The first-order chi connectivity index (χ1) is 7.76. The Hall–Kier alpha value is -1.36. The lowest BCUT2D eigenvalue weighted by Crippen LogP contribution is -2.39.